The highest BCUT2D eigenvalue weighted by Gasteiger charge is 2.09. The molecule has 2 N–H and O–H groups in total. The Balaban J connectivity index is 0.00000300. The van der Waals surface area contributed by atoms with Gasteiger partial charge in [-0.3, -0.25) is 4.99 Å². The Kier molecular flexibility index (Phi) is 9.72. The van der Waals surface area contributed by atoms with Gasteiger partial charge in [-0.15, -0.1) is 24.0 Å². The summed E-state index contributed by atoms with van der Waals surface area (Å²) in [4.78, 5) is 8.58. The summed E-state index contributed by atoms with van der Waals surface area (Å²) in [5.41, 5.74) is 0.825. The van der Waals surface area contributed by atoms with Gasteiger partial charge in [0.15, 0.2) is 5.96 Å². The van der Waals surface area contributed by atoms with Gasteiger partial charge in [0.1, 0.15) is 12.4 Å². The van der Waals surface area contributed by atoms with E-state index in [-0.39, 0.29) is 24.0 Å². The second kappa shape index (κ2) is 12.3. The first-order valence-electron chi connectivity index (χ1n) is 8.95. The van der Waals surface area contributed by atoms with Crippen LogP contribution in [0.2, 0.25) is 5.02 Å². The van der Waals surface area contributed by atoms with Gasteiger partial charge in [0, 0.05) is 30.6 Å². The summed E-state index contributed by atoms with van der Waals surface area (Å²) in [7, 11) is 1.72. The Hall–Kier alpha value is -2.33. The summed E-state index contributed by atoms with van der Waals surface area (Å²) in [5, 5.41) is 11.0. The Morgan fingerprint density at radius 3 is 2.66 bits per heavy atom. The van der Waals surface area contributed by atoms with Gasteiger partial charge in [0.25, 0.3) is 0 Å². The lowest BCUT2D eigenvalue weighted by Crippen LogP contribution is -2.40. The second-order valence-corrected chi connectivity index (χ2v) is 6.30. The zero-order chi connectivity index (χ0) is 19.6. The molecule has 3 rings (SSSR count). The van der Waals surface area contributed by atoms with Crippen molar-refractivity contribution in [1.29, 1.82) is 0 Å². The van der Waals surface area contributed by atoms with Crippen LogP contribution in [-0.2, 0) is 6.42 Å². The second-order valence-electron chi connectivity index (χ2n) is 5.86. The highest BCUT2D eigenvalue weighted by atomic mass is 127. The lowest BCUT2D eigenvalue weighted by atomic mass is 10.2. The fourth-order valence-corrected chi connectivity index (χ4v) is 2.66. The molecule has 0 atom stereocenters. The molecule has 1 aromatic heterocycles. The quantitative estimate of drug-likeness (QED) is 0.201. The first-order valence-corrected chi connectivity index (χ1v) is 9.33. The molecule has 29 heavy (non-hydrogen) atoms. The van der Waals surface area contributed by atoms with Gasteiger partial charge >= 0.3 is 0 Å². The number of ether oxygens (including phenoxy) is 1. The van der Waals surface area contributed by atoms with E-state index in [2.05, 4.69) is 25.8 Å². The molecule has 7 nitrogen and oxygen atoms in total. The molecule has 2 aromatic carbocycles. The number of rotatable bonds is 8. The molecule has 0 saturated heterocycles. The van der Waals surface area contributed by atoms with Gasteiger partial charge < -0.3 is 19.9 Å². The van der Waals surface area contributed by atoms with Crippen LogP contribution in [0.15, 0.2) is 64.1 Å². The summed E-state index contributed by atoms with van der Waals surface area (Å²) in [6.07, 6.45) is 0.578. The van der Waals surface area contributed by atoms with Crippen LogP contribution in [0.5, 0.6) is 5.75 Å². The first-order chi connectivity index (χ1) is 13.7. The van der Waals surface area contributed by atoms with Crippen molar-refractivity contribution in [2.24, 2.45) is 4.99 Å². The van der Waals surface area contributed by atoms with Crippen LogP contribution in [0.25, 0.3) is 11.4 Å². The topological polar surface area (TPSA) is 84.6 Å². The van der Waals surface area contributed by atoms with E-state index in [4.69, 9.17) is 20.9 Å². The van der Waals surface area contributed by atoms with E-state index >= 15 is 0 Å². The normalized spacial score (nSPS) is 10.9. The number of halogens is 2. The van der Waals surface area contributed by atoms with Crippen molar-refractivity contribution < 1.29 is 9.26 Å². The molecule has 0 amide bonds. The third-order valence-corrected chi connectivity index (χ3v) is 4.05. The number of guanidine groups is 1. The Labute approximate surface area is 191 Å². The van der Waals surface area contributed by atoms with Gasteiger partial charge in [0.05, 0.1) is 6.54 Å². The zero-order valence-electron chi connectivity index (χ0n) is 16.0. The first kappa shape index (κ1) is 23.0. The molecule has 0 aliphatic rings. The number of nitrogens with one attached hydrogen (secondary N) is 2. The maximum atomic E-state index is 6.00. The highest BCUT2D eigenvalue weighted by molar-refractivity contribution is 14.0. The number of aromatic nitrogens is 2. The molecule has 0 aliphatic carbocycles. The van der Waals surface area contributed by atoms with E-state index < -0.39 is 0 Å². The molecule has 0 bridgehead atoms. The van der Waals surface area contributed by atoms with Crippen LogP contribution in [0.4, 0.5) is 0 Å². The molecule has 0 fully saturated rings. The molecule has 0 unspecified atom stereocenters. The molecular formula is C20H23ClIN5O2. The number of hydrogen-bond acceptors (Lipinski definition) is 5. The summed E-state index contributed by atoms with van der Waals surface area (Å²) in [6.45, 7) is 1.78. The molecule has 0 saturated carbocycles. The third-order valence-electron chi connectivity index (χ3n) is 3.81. The predicted octanol–water partition coefficient (Wildman–Crippen LogP) is 3.79. The summed E-state index contributed by atoms with van der Waals surface area (Å²) >= 11 is 6.00. The minimum Gasteiger partial charge on any atom is -0.492 e. The minimum atomic E-state index is 0. The average molecular weight is 528 g/mol. The van der Waals surface area contributed by atoms with E-state index in [1.165, 1.54) is 0 Å². The number of aliphatic imine (C=N–C) groups is 1. The van der Waals surface area contributed by atoms with Crippen molar-refractivity contribution in [3.63, 3.8) is 0 Å². The van der Waals surface area contributed by atoms with Crippen molar-refractivity contribution in [1.82, 2.24) is 20.8 Å². The smallest absolute Gasteiger partial charge is 0.228 e. The number of hydrogen-bond donors (Lipinski definition) is 2. The predicted molar refractivity (Wildman–Crippen MR) is 125 cm³/mol. The number of benzene rings is 2. The van der Waals surface area contributed by atoms with E-state index in [1.807, 2.05) is 42.5 Å². The van der Waals surface area contributed by atoms with Gasteiger partial charge in [-0.25, -0.2) is 0 Å². The van der Waals surface area contributed by atoms with Crippen molar-refractivity contribution in [3.8, 4) is 17.1 Å². The van der Waals surface area contributed by atoms with Crippen molar-refractivity contribution >= 4 is 41.5 Å². The monoisotopic (exact) mass is 527 g/mol. The molecular weight excluding hydrogens is 505 g/mol. The molecule has 3 aromatic rings. The molecule has 0 radical (unpaired) electrons. The Bertz CT molecular complexity index is 905. The molecule has 1 heterocycles. The molecule has 0 spiro atoms. The molecule has 9 heteroatoms. The van der Waals surface area contributed by atoms with E-state index in [1.54, 1.807) is 19.2 Å². The summed E-state index contributed by atoms with van der Waals surface area (Å²) in [6, 6.07) is 17.0. The van der Waals surface area contributed by atoms with Crippen LogP contribution in [0, 0.1) is 0 Å². The van der Waals surface area contributed by atoms with Gasteiger partial charge in [0.2, 0.25) is 11.7 Å². The van der Waals surface area contributed by atoms with Crippen molar-refractivity contribution in [2.75, 3.05) is 26.7 Å². The number of para-hydroxylation sites is 1. The van der Waals surface area contributed by atoms with Crippen LogP contribution < -0.4 is 15.4 Å². The molecule has 154 valence electrons. The van der Waals surface area contributed by atoms with Gasteiger partial charge in [-0.1, -0.05) is 47.1 Å². The van der Waals surface area contributed by atoms with E-state index in [9.17, 15) is 0 Å². The van der Waals surface area contributed by atoms with E-state index in [0.29, 0.717) is 48.8 Å². The lowest BCUT2D eigenvalue weighted by Gasteiger charge is -2.11. The summed E-state index contributed by atoms with van der Waals surface area (Å²) < 4.78 is 10.9. The van der Waals surface area contributed by atoms with Gasteiger partial charge in [-0.2, -0.15) is 4.98 Å². The van der Waals surface area contributed by atoms with Crippen LogP contribution in [0.3, 0.4) is 0 Å². The third kappa shape index (κ3) is 7.54. The zero-order valence-corrected chi connectivity index (χ0v) is 19.1. The minimum absolute atomic E-state index is 0. The lowest BCUT2D eigenvalue weighted by molar-refractivity contribution is 0.322. The highest BCUT2D eigenvalue weighted by Crippen LogP contribution is 2.19. The van der Waals surface area contributed by atoms with Crippen molar-refractivity contribution in [3.05, 3.63) is 65.5 Å². The van der Waals surface area contributed by atoms with E-state index in [0.717, 1.165) is 11.3 Å². The van der Waals surface area contributed by atoms with Gasteiger partial charge in [-0.05, 0) is 24.3 Å². The Morgan fingerprint density at radius 2 is 1.90 bits per heavy atom. The van der Waals surface area contributed by atoms with Crippen molar-refractivity contribution in [2.45, 2.75) is 6.42 Å². The largest absolute Gasteiger partial charge is 0.492 e. The Morgan fingerprint density at radius 1 is 1.10 bits per heavy atom. The van der Waals surface area contributed by atoms with Crippen LogP contribution in [-0.4, -0.2) is 42.8 Å². The SMILES string of the molecule is CN=C(NCCOc1ccccc1)NCCc1nc(-c2cccc(Cl)c2)no1.I. The van der Waals surface area contributed by atoms with Crippen LogP contribution >= 0.6 is 35.6 Å². The fraction of sp³-hybridized carbons (Fsp3) is 0.250. The maximum Gasteiger partial charge on any atom is 0.228 e. The van der Waals surface area contributed by atoms with Crippen LogP contribution in [0.1, 0.15) is 5.89 Å². The average Bonchev–Trinajstić information content (AvgIpc) is 3.19. The number of nitrogens with zero attached hydrogens (tertiary/aromatic N) is 3. The molecule has 0 aliphatic heterocycles. The summed E-state index contributed by atoms with van der Waals surface area (Å²) in [5.74, 6) is 2.61. The maximum absolute atomic E-state index is 6.00. The fourth-order valence-electron chi connectivity index (χ4n) is 2.46. The standard InChI is InChI=1S/C20H22ClN5O2.HI/c1-22-20(24-12-13-27-17-8-3-2-4-9-17)23-11-10-18-25-19(26-28-18)15-6-5-7-16(21)14-15;/h2-9,14H,10-13H2,1H3,(H2,22,23,24);1H.